The number of nitrogens with zero attached hydrogens (tertiary/aromatic N) is 2. The van der Waals surface area contributed by atoms with E-state index in [-0.39, 0.29) is 18.4 Å². The first-order valence-electron chi connectivity index (χ1n) is 9.69. The largest absolute Gasteiger partial charge is 0.497 e. The Morgan fingerprint density at radius 3 is 2.19 bits per heavy atom. The molecule has 6 nitrogen and oxygen atoms in total. The fourth-order valence-corrected chi connectivity index (χ4v) is 3.85. The van der Waals surface area contributed by atoms with Crippen molar-refractivity contribution in [2.75, 3.05) is 30.6 Å². The van der Waals surface area contributed by atoms with Gasteiger partial charge in [0.15, 0.2) is 0 Å². The molecule has 4 rings (SSSR count). The molecule has 7 heteroatoms. The fraction of sp³-hybridized carbons (Fsp3) is 0.167. The van der Waals surface area contributed by atoms with Crippen molar-refractivity contribution in [1.29, 1.82) is 0 Å². The smallest absolute Gasteiger partial charge is 0.255 e. The van der Waals surface area contributed by atoms with Gasteiger partial charge in [0.05, 0.1) is 19.9 Å². The molecule has 0 spiro atoms. The number of rotatable bonds is 5. The highest BCUT2D eigenvalue weighted by molar-refractivity contribution is 6.30. The van der Waals surface area contributed by atoms with Crippen LogP contribution in [-0.2, 0) is 9.59 Å². The molecule has 3 aromatic rings. The quantitative estimate of drug-likeness (QED) is 0.591. The van der Waals surface area contributed by atoms with Crippen LogP contribution < -0.4 is 19.3 Å². The van der Waals surface area contributed by atoms with Gasteiger partial charge in [-0.3, -0.25) is 19.4 Å². The first-order chi connectivity index (χ1) is 15.0. The van der Waals surface area contributed by atoms with Crippen molar-refractivity contribution in [3.05, 3.63) is 83.4 Å². The van der Waals surface area contributed by atoms with E-state index in [2.05, 4.69) is 0 Å². The molecule has 0 aromatic heterocycles. The molecule has 2 amide bonds. The highest BCUT2D eigenvalue weighted by Gasteiger charge is 2.42. The van der Waals surface area contributed by atoms with E-state index >= 15 is 0 Å². The summed E-state index contributed by atoms with van der Waals surface area (Å²) in [6, 6.07) is 20.3. The van der Waals surface area contributed by atoms with Crippen LogP contribution >= 0.6 is 11.6 Å². The molecular weight excluding hydrogens is 416 g/mol. The maximum absolute atomic E-state index is 13.8. The van der Waals surface area contributed by atoms with Crippen LogP contribution in [-0.4, -0.2) is 32.6 Å². The lowest BCUT2D eigenvalue weighted by Gasteiger charge is -2.40. The summed E-state index contributed by atoms with van der Waals surface area (Å²) in [6.45, 7) is -0.103. The third kappa shape index (κ3) is 3.94. The molecule has 1 fully saturated rings. The van der Waals surface area contributed by atoms with Gasteiger partial charge in [0, 0.05) is 10.7 Å². The van der Waals surface area contributed by atoms with Gasteiger partial charge in [-0.2, -0.15) is 0 Å². The monoisotopic (exact) mass is 436 g/mol. The lowest BCUT2D eigenvalue weighted by molar-refractivity contribution is -0.128. The number of benzene rings is 3. The number of methoxy groups -OCH3 is 2. The van der Waals surface area contributed by atoms with E-state index in [0.29, 0.717) is 33.5 Å². The minimum Gasteiger partial charge on any atom is -0.497 e. The molecule has 0 N–H and O–H groups in total. The first kappa shape index (κ1) is 20.8. The van der Waals surface area contributed by atoms with Gasteiger partial charge in [0.1, 0.15) is 24.1 Å². The molecule has 31 heavy (non-hydrogen) atoms. The van der Waals surface area contributed by atoms with E-state index in [1.54, 1.807) is 67.8 Å². The number of hydrogen-bond acceptors (Lipinski definition) is 4. The van der Waals surface area contributed by atoms with Crippen LogP contribution in [0.2, 0.25) is 5.02 Å². The summed E-state index contributed by atoms with van der Waals surface area (Å²) < 4.78 is 10.7. The number of amides is 2. The van der Waals surface area contributed by atoms with Crippen LogP contribution in [0.5, 0.6) is 11.5 Å². The summed E-state index contributed by atoms with van der Waals surface area (Å²) >= 11 is 6.03. The molecule has 3 aromatic carbocycles. The van der Waals surface area contributed by atoms with Gasteiger partial charge in [-0.1, -0.05) is 35.9 Å². The number of anilines is 2. The van der Waals surface area contributed by atoms with E-state index < -0.39 is 6.04 Å². The lowest BCUT2D eigenvalue weighted by Crippen LogP contribution is -2.56. The first-order valence-corrected chi connectivity index (χ1v) is 10.1. The summed E-state index contributed by atoms with van der Waals surface area (Å²) in [5.74, 6) is 0.743. The van der Waals surface area contributed by atoms with Gasteiger partial charge in [0.2, 0.25) is 5.91 Å². The van der Waals surface area contributed by atoms with Crippen molar-refractivity contribution in [3.8, 4) is 11.5 Å². The summed E-state index contributed by atoms with van der Waals surface area (Å²) in [4.78, 5) is 30.1. The van der Waals surface area contributed by atoms with E-state index in [0.717, 1.165) is 0 Å². The van der Waals surface area contributed by atoms with Crippen LogP contribution in [0.1, 0.15) is 11.6 Å². The van der Waals surface area contributed by atoms with Crippen molar-refractivity contribution in [1.82, 2.24) is 0 Å². The van der Waals surface area contributed by atoms with Gasteiger partial charge in [-0.05, 0) is 54.1 Å². The number of carbonyl (C=O) groups is 2. The van der Waals surface area contributed by atoms with Crippen LogP contribution in [0.4, 0.5) is 11.4 Å². The van der Waals surface area contributed by atoms with Crippen LogP contribution in [0, 0.1) is 0 Å². The zero-order valence-corrected chi connectivity index (χ0v) is 17.9. The highest BCUT2D eigenvalue weighted by atomic mass is 35.5. The number of hydrogen-bond donors (Lipinski definition) is 0. The zero-order chi connectivity index (χ0) is 22.0. The van der Waals surface area contributed by atoms with E-state index in [4.69, 9.17) is 21.1 Å². The van der Waals surface area contributed by atoms with E-state index in [1.807, 2.05) is 12.1 Å². The summed E-state index contributed by atoms with van der Waals surface area (Å²) in [7, 11) is 3.11. The number of piperazine rings is 1. The molecule has 1 aliphatic heterocycles. The second-order valence-electron chi connectivity index (χ2n) is 7.01. The topological polar surface area (TPSA) is 59.1 Å². The second-order valence-corrected chi connectivity index (χ2v) is 7.45. The Kier molecular flexibility index (Phi) is 5.82. The summed E-state index contributed by atoms with van der Waals surface area (Å²) in [5.41, 5.74) is 1.83. The van der Waals surface area contributed by atoms with Crippen molar-refractivity contribution >= 4 is 34.8 Å². The molecule has 1 unspecified atom stereocenters. The predicted molar refractivity (Wildman–Crippen MR) is 120 cm³/mol. The Morgan fingerprint density at radius 2 is 1.55 bits per heavy atom. The molecule has 1 heterocycles. The van der Waals surface area contributed by atoms with Gasteiger partial charge in [-0.25, -0.2) is 0 Å². The van der Waals surface area contributed by atoms with Gasteiger partial charge >= 0.3 is 0 Å². The Morgan fingerprint density at radius 1 is 0.871 bits per heavy atom. The van der Waals surface area contributed by atoms with E-state index in [9.17, 15) is 9.59 Å². The van der Waals surface area contributed by atoms with Crippen LogP contribution in [0.3, 0.4) is 0 Å². The van der Waals surface area contributed by atoms with Crippen molar-refractivity contribution in [3.63, 3.8) is 0 Å². The summed E-state index contributed by atoms with van der Waals surface area (Å²) in [6.07, 6.45) is 0. The molecule has 1 aliphatic rings. The summed E-state index contributed by atoms with van der Waals surface area (Å²) in [5, 5.41) is 0.552. The average molecular weight is 437 g/mol. The van der Waals surface area contributed by atoms with E-state index in [1.165, 1.54) is 16.9 Å². The van der Waals surface area contributed by atoms with Crippen molar-refractivity contribution in [2.45, 2.75) is 6.04 Å². The van der Waals surface area contributed by atoms with Gasteiger partial charge in [0.25, 0.3) is 5.91 Å². The molecular formula is C24H21ClN2O4. The Bertz CT molecular complexity index is 1100. The number of carbonyl (C=O) groups excluding carboxylic acids is 2. The van der Waals surface area contributed by atoms with Gasteiger partial charge < -0.3 is 9.47 Å². The predicted octanol–water partition coefficient (Wildman–Crippen LogP) is 4.48. The number of para-hydroxylation sites is 2. The minimum absolute atomic E-state index is 0.103. The molecule has 1 saturated heterocycles. The highest BCUT2D eigenvalue weighted by Crippen LogP contribution is 2.38. The fourth-order valence-electron chi connectivity index (χ4n) is 3.72. The molecule has 1 atom stereocenters. The van der Waals surface area contributed by atoms with Crippen LogP contribution in [0.25, 0.3) is 0 Å². The molecule has 0 radical (unpaired) electrons. The average Bonchev–Trinajstić information content (AvgIpc) is 2.81. The van der Waals surface area contributed by atoms with Crippen molar-refractivity contribution < 1.29 is 19.1 Å². The Balaban J connectivity index is 1.82. The lowest BCUT2D eigenvalue weighted by atomic mass is 9.99. The maximum atomic E-state index is 13.8. The molecule has 158 valence electrons. The standard InChI is InChI=1S/C24H21ClN2O4/c1-30-19-13-7-16(8-14-19)23-24(29)26(20-5-3-4-6-21(20)31-2)15-22(28)27(23)18-11-9-17(25)10-12-18/h3-14,23H,15H2,1-2H3. The molecule has 0 aliphatic carbocycles. The van der Waals surface area contributed by atoms with Crippen molar-refractivity contribution in [2.24, 2.45) is 0 Å². The van der Waals surface area contributed by atoms with Gasteiger partial charge in [-0.15, -0.1) is 0 Å². The Labute approximate surface area is 185 Å². The maximum Gasteiger partial charge on any atom is 0.255 e. The minimum atomic E-state index is -0.849. The second kappa shape index (κ2) is 8.70. The van der Waals surface area contributed by atoms with Crippen LogP contribution in [0.15, 0.2) is 72.8 Å². The zero-order valence-electron chi connectivity index (χ0n) is 17.1. The number of halogens is 1. The number of ether oxygens (including phenoxy) is 2. The SMILES string of the molecule is COc1ccc(C2C(=O)N(c3ccccc3OC)CC(=O)N2c2ccc(Cl)cc2)cc1. The molecule has 0 saturated carbocycles. The normalized spacial score (nSPS) is 16.4. The molecule has 0 bridgehead atoms. The third-order valence-electron chi connectivity index (χ3n) is 5.23. The Hall–Kier alpha value is -3.51. The third-order valence-corrected chi connectivity index (χ3v) is 5.48.